The molecule has 0 bridgehead atoms. The van der Waals surface area contributed by atoms with Crippen LogP contribution in [0.25, 0.3) is 0 Å². The molecule has 3 heterocycles. The minimum Gasteiger partial charge on any atom is -0.455 e. The second kappa shape index (κ2) is 8.25. The van der Waals surface area contributed by atoms with Crippen molar-refractivity contribution >= 4 is 17.5 Å². The average molecular weight is 398 g/mol. The number of carbonyl (C=O) groups is 1. The number of halogens is 1. The summed E-state index contributed by atoms with van der Waals surface area (Å²) in [6.45, 7) is 5.06. The maximum atomic E-state index is 12.1. The molecule has 2 aromatic heterocycles. The average Bonchev–Trinajstić information content (AvgIpc) is 3.36. The second-order valence-corrected chi connectivity index (χ2v) is 7.45. The molecule has 146 valence electrons. The van der Waals surface area contributed by atoms with Gasteiger partial charge in [0.2, 0.25) is 0 Å². The number of nitrogens with zero attached hydrogens (tertiary/aromatic N) is 2. The summed E-state index contributed by atoms with van der Waals surface area (Å²) in [6.07, 6.45) is 3.01. The molecule has 1 aromatic carbocycles. The van der Waals surface area contributed by atoms with E-state index in [4.69, 9.17) is 16.0 Å². The predicted octanol–water partition coefficient (Wildman–Crippen LogP) is 4.48. The van der Waals surface area contributed by atoms with E-state index in [-0.39, 0.29) is 11.9 Å². The first-order valence-electron chi connectivity index (χ1n) is 9.67. The molecule has 1 amide bonds. The SMILES string of the molecule is CCCNC(=O)c1ccc(CN2CCn3cccc3C2c2ccccc2Cl)o1. The quantitative estimate of drug-likeness (QED) is 0.667. The van der Waals surface area contributed by atoms with Gasteiger partial charge in [-0.2, -0.15) is 0 Å². The van der Waals surface area contributed by atoms with E-state index in [1.807, 2.05) is 31.2 Å². The summed E-state index contributed by atoms with van der Waals surface area (Å²) in [5, 5.41) is 3.61. The first-order chi connectivity index (χ1) is 13.7. The summed E-state index contributed by atoms with van der Waals surface area (Å²) in [7, 11) is 0. The molecule has 1 aliphatic heterocycles. The van der Waals surface area contributed by atoms with E-state index in [0.29, 0.717) is 18.8 Å². The number of rotatable bonds is 6. The van der Waals surface area contributed by atoms with Gasteiger partial charge in [0.25, 0.3) is 5.91 Å². The van der Waals surface area contributed by atoms with Crippen LogP contribution in [-0.2, 0) is 13.1 Å². The number of amides is 1. The normalized spacial score (nSPS) is 16.7. The van der Waals surface area contributed by atoms with E-state index in [1.54, 1.807) is 6.07 Å². The third-order valence-electron chi connectivity index (χ3n) is 5.12. The summed E-state index contributed by atoms with van der Waals surface area (Å²) in [5.41, 5.74) is 2.29. The Kier molecular flexibility index (Phi) is 5.55. The molecule has 0 aliphatic carbocycles. The van der Waals surface area contributed by atoms with Crippen molar-refractivity contribution in [3.05, 3.63) is 82.5 Å². The Morgan fingerprint density at radius 2 is 2.04 bits per heavy atom. The number of hydrogen-bond acceptors (Lipinski definition) is 3. The molecule has 1 N–H and O–H groups in total. The fourth-order valence-corrected chi connectivity index (χ4v) is 4.00. The molecule has 1 aliphatic rings. The van der Waals surface area contributed by atoms with Crippen LogP contribution in [0.1, 0.15) is 47.0 Å². The van der Waals surface area contributed by atoms with Crippen molar-refractivity contribution in [1.29, 1.82) is 0 Å². The number of fused-ring (bicyclic) bond motifs is 1. The third-order valence-corrected chi connectivity index (χ3v) is 5.46. The summed E-state index contributed by atoms with van der Waals surface area (Å²) < 4.78 is 8.11. The zero-order chi connectivity index (χ0) is 19.5. The topological polar surface area (TPSA) is 50.4 Å². The number of furan rings is 1. The van der Waals surface area contributed by atoms with Gasteiger partial charge in [-0.05, 0) is 42.3 Å². The van der Waals surface area contributed by atoms with Gasteiger partial charge in [0, 0.05) is 36.5 Å². The van der Waals surface area contributed by atoms with Gasteiger partial charge >= 0.3 is 0 Å². The van der Waals surface area contributed by atoms with E-state index in [1.165, 1.54) is 5.69 Å². The third kappa shape index (κ3) is 3.73. The maximum absolute atomic E-state index is 12.1. The van der Waals surface area contributed by atoms with Gasteiger partial charge < -0.3 is 14.3 Å². The first kappa shape index (κ1) is 18.8. The maximum Gasteiger partial charge on any atom is 0.286 e. The molecule has 28 heavy (non-hydrogen) atoms. The molecule has 0 radical (unpaired) electrons. The number of benzene rings is 1. The van der Waals surface area contributed by atoms with Gasteiger partial charge in [0.1, 0.15) is 5.76 Å². The molecule has 6 heteroatoms. The molecule has 1 atom stereocenters. The van der Waals surface area contributed by atoms with Crippen molar-refractivity contribution in [2.24, 2.45) is 0 Å². The lowest BCUT2D eigenvalue weighted by molar-refractivity contribution is 0.0919. The van der Waals surface area contributed by atoms with Gasteiger partial charge in [-0.15, -0.1) is 0 Å². The zero-order valence-corrected chi connectivity index (χ0v) is 16.7. The van der Waals surface area contributed by atoms with Gasteiger partial charge in [-0.25, -0.2) is 0 Å². The monoisotopic (exact) mass is 397 g/mol. The standard InChI is InChI=1S/C22H24ClN3O2/c1-2-11-24-22(27)20-10-9-16(28-20)15-26-14-13-25-12-5-8-19(25)21(26)17-6-3-4-7-18(17)23/h3-10,12,21H,2,11,13-15H2,1H3,(H,24,27). The fraction of sp³-hybridized carbons (Fsp3) is 0.318. The Balaban J connectivity index is 1.59. The van der Waals surface area contributed by atoms with E-state index in [2.05, 4.69) is 39.2 Å². The van der Waals surface area contributed by atoms with Gasteiger partial charge in [0.05, 0.1) is 12.6 Å². The second-order valence-electron chi connectivity index (χ2n) is 7.04. The van der Waals surface area contributed by atoms with Crippen LogP contribution in [0.3, 0.4) is 0 Å². The molecule has 0 saturated carbocycles. The molecule has 3 aromatic rings. The Morgan fingerprint density at radius 3 is 2.86 bits per heavy atom. The highest BCUT2D eigenvalue weighted by molar-refractivity contribution is 6.31. The van der Waals surface area contributed by atoms with Gasteiger partial charge in [0.15, 0.2) is 5.76 Å². The molecule has 4 rings (SSSR count). The minimum absolute atomic E-state index is 0.0416. The summed E-state index contributed by atoms with van der Waals surface area (Å²) >= 11 is 6.54. The Bertz CT molecular complexity index is 962. The van der Waals surface area contributed by atoms with Crippen LogP contribution in [0.5, 0.6) is 0 Å². The lowest BCUT2D eigenvalue weighted by Crippen LogP contribution is -2.38. The van der Waals surface area contributed by atoms with E-state index in [9.17, 15) is 4.79 Å². The molecule has 5 nitrogen and oxygen atoms in total. The number of carbonyl (C=O) groups excluding carboxylic acids is 1. The van der Waals surface area contributed by atoms with Crippen molar-refractivity contribution in [3.8, 4) is 0 Å². The Labute approximate surface area is 169 Å². The van der Waals surface area contributed by atoms with Crippen molar-refractivity contribution in [2.45, 2.75) is 32.5 Å². The highest BCUT2D eigenvalue weighted by Gasteiger charge is 2.30. The number of nitrogens with one attached hydrogen (secondary N) is 1. The highest BCUT2D eigenvalue weighted by Crippen LogP contribution is 2.36. The van der Waals surface area contributed by atoms with Crippen molar-refractivity contribution in [2.75, 3.05) is 13.1 Å². The largest absolute Gasteiger partial charge is 0.455 e. The molecule has 1 unspecified atom stereocenters. The Morgan fingerprint density at radius 1 is 1.18 bits per heavy atom. The van der Waals surface area contributed by atoms with Crippen molar-refractivity contribution in [3.63, 3.8) is 0 Å². The molecular formula is C22H24ClN3O2. The Hall–Kier alpha value is -2.50. The fourth-order valence-electron chi connectivity index (χ4n) is 3.77. The molecule has 0 spiro atoms. The number of hydrogen-bond donors (Lipinski definition) is 1. The summed E-state index contributed by atoms with van der Waals surface area (Å²) in [6, 6.07) is 15.9. The van der Waals surface area contributed by atoms with Crippen molar-refractivity contribution < 1.29 is 9.21 Å². The van der Waals surface area contributed by atoms with Crippen molar-refractivity contribution in [1.82, 2.24) is 14.8 Å². The van der Waals surface area contributed by atoms with Crippen LogP contribution in [0.15, 0.2) is 59.1 Å². The van der Waals surface area contributed by atoms with Gasteiger partial charge in [-0.1, -0.05) is 36.7 Å². The van der Waals surface area contributed by atoms with Crippen LogP contribution >= 0.6 is 11.6 Å². The minimum atomic E-state index is -0.164. The van der Waals surface area contributed by atoms with E-state index < -0.39 is 0 Å². The van der Waals surface area contributed by atoms with Crippen LogP contribution in [0, 0.1) is 0 Å². The zero-order valence-electron chi connectivity index (χ0n) is 15.9. The molecule has 0 fully saturated rings. The van der Waals surface area contributed by atoms with Crippen LogP contribution in [-0.4, -0.2) is 28.5 Å². The van der Waals surface area contributed by atoms with Gasteiger partial charge in [-0.3, -0.25) is 9.69 Å². The van der Waals surface area contributed by atoms with Crippen LogP contribution in [0.4, 0.5) is 0 Å². The lowest BCUT2D eigenvalue weighted by atomic mass is 9.99. The van der Waals surface area contributed by atoms with Crippen LogP contribution < -0.4 is 5.32 Å². The molecule has 0 saturated heterocycles. The first-order valence-corrected chi connectivity index (χ1v) is 10.1. The predicted molar refractivity (Wildman–Crippen MR) is 109 cm³/mol. The summed E-state index contributed by atoms with van der Waals surface area (Å²) in [4.78, 5) is 14.5. The number of aromatic nitrogens is 1. The van der Waals surface area contributed by atoms with E-state index >= 15 is 0 Å². The summed E-state index contributed by atoms with van der Waals surface area (Å²) in [5.74, 6) is 0.972. The highest BCUT2D eigenvalue weighted by atomic mass is 35.5. The smallest absolute Gasteiger partial charge is 0.286 e. The molecular weight excluding hydrogens is 374 g/mol. The van der Waals surface area contributed by atoms with E-state index in [0.717, 1.165) is 35.9 Å². The lowest BCUT2D eigenvalue weighted by Gasteiger charge is -2.37. The van der Waals surface area contributed by atoms with Crippen LogP contribution in [0.2, 0.25) is 5.02 Å².